The Hall–Kier alpha value is -1.00. The van der Waals surface area contributed by atoms with Crippen LogP contribution in [-0.2, 0) is 0 Å². The van der Waals surface area contributed by atoms with Crippen molar-refractivity contribution in [1.29, 1.82) is 0 Å². The van der Waals surface area contributed by atoms with Crippen LogP contribution in [0.3, 0.4) is 0 Å². The van der Waals surface area contributed by atoms with E-state index < -0.39 is 17.7 Å². The molecule has 1 aromatic carbocycles. The van der Waals surface area contributed by atoms with Crippen molar-refractivity contribution in [3.63, 3.8) is 0 Å². The van der Waals surface area contributed by atoms with Crippen LogP contribution in [0.4, 0.5) is 8.78 Å². The normalized spacial score (nSPS) is 12.9. The van der Waals surface area contributed by atoms with E-state index in [1.165, 1.54) is 12.1 Å². The Balaban J connectivity index is 2.73. The molecule has 1 atom stereocenters. The number of hydrogen-bond acceptors (Lipinski definition) is 2. The molecule has 0 saturated heterocycles. The van der Waals surface area contributed by atoms with Crippen LogP contribution < -0.4 is 5.73 Å². The molecule has 0 heterocycles. The maximum Gasteiger partial charge on any atom is 0.126 e. The Bertz CT molecular complexity index is 284. The third-order valence-corrected chi connectivity index (χ3v) is 1.99. The predicted octanol–water partition coefficient (Wildman–Crippen LogP) is 1.74. The molecule has 0 unspecified atom stereocenters. The van der Waals surface area contributed by atoms with Gasteiger partial charge in [-0.2, -0.15) is 0 Å². The van der Waals surface area contributed by atoms with Crippen molar-refractivity contribution >= 4 is 0 Å². The first-order valence-corrected chi connectivity index (χ1v) is 4.46. The third-order valence-electron chi connectivity index (χ3n) is 1.99. The second-order valence-electron chi connectivity index (χ2n) is 3.18. The lowest BCUT2D eigenvalue weighted by Gasteiger charge is -2.11. The van der Waals surface area contributed by atoms with Gasteiger partial charge >= 0.3 is 0 Å². The van der Waals surface area contributed by atoms with Crippen molar-refractivity contribution in [2.24, 2.45) is 5.73 Å². The molecule has 0 aromatic heterocycles. The highest BCUT2D eigenvalue weighted by molar-refractivity contribution is 5.20. The van der Waals surface area contributed by atoms with Gasteiger partial charge in [0, 0.05) is 18.7 Å². The highest BCUT2D eigenvalue weighted by atomic mass is 19.1. The Morgan fingerprint density at radius 2 is 1.79 bits per heavy atom. The molecule has 0 amide bonds. The molecule has 1 rings (SSSR count). The topological polar surface area (TPSA) is 46.2 Å². The zero-order valence-corrected chi connectivity index (χ0v) is 7.71. The van der Waals surface area contributed by atoms with Crippen molar-refractivity contribution in [3.8, 4) is 0 Å². The average Bonchev–Trinajstić information content (AvgIpc) is 2.12. The quantitative estimate of drug-likeness (QED) is 0.779. The number of rotatable bonds is 4. The molecule has 2 nitrogen and oxygen atoms in total. The number of nitrogens with two attached hydrogens (primary N) is 1. The van der Waals surface area contributed by atoms with Crippen molar-refractivity contribution < 1.29 is 13.9 Å². The summed E-state index contributed by atoms with van der Waals surface area (Å²) in [7, 11) is 0. The second-order valence-corrected chi connectivity index (χ2v) is 3.18. The standard InChI is InChI=1S/C10H13F2NO/c11-8-4-7(5-9(12)6-8)10(13)2-1-3-14/h4-6,10,14H,1-3,13H2/t10-/m0/s1. The number of benzene rings is 1. The van der Waals surface area contributed by atoms with Gasteiger partial charge in [-0.05, 0) is 30.5 Å². The first-order chi connectivity index (χ1) is 6.63. The number of halogens is 2. The van der Waals surface area contributed by atoms with E-state index in [0.29, 0.717) is 18.4 Å². The summed E-state index contributed by atoms with van der Waals surface area (Å²) in [4.78, 5) is 0. The molecule has 1 aromatic rings. The van der Waals surface area contributed by atoms with Crippen LogP contribution >= 0.6 is 0 Å². The summed E-state index contributed by atoms with van der Waals surface area (Å²) in [6.07, 6.45) is 1.04. The van der Waals surface area contributed by atoms with Crippen LogP contribution in [-0.4, -0.2) is 11.7 Å². The van der Waals surface area contributed by atoms with E-state index in [1.807, 2.05) is 0 Å². The fourth-order valence-electron chi connectivity index (χ4n) is 1.27. The van der Waals surface area contributed by atoms with Gasteiger partial charge in [-0.1, -0.05) is 0 Å². The first-order valence-electron chi connectivity index (χ1n) is 4.46. The van der Waals surface area contributed by atoms with Crippen LogP contribution in [0, 0.1) is 11.6 Å². The SMILES string of the molecule is N[C@@H](CCCO)c1cc(F)cc(F)c1. The van der Waals surface area contributed by atoms with Crippen molar-refractivity contribution in [2.75, 3.05) is 6.61 Å². The molecule has 14 heavy (non-hydrogen) atoms. The summed E-state index contributed by atoms with van der Waals surface area (Å²) in [5.74, 6) is -1.25. The van der Waals surface area contributed by atoms with E-state index in [2.05, 4.69) is 0 Å². The van der Waals surface area contributed by atoms with Crippen LogP contribution in [0.15, 0.2) is 18.2 Å². The Labute approximate surface area is 81.4 Å². The second kappa shape index (κ2) is 5.02. The molecule has 0 radical (unpaired) electrons. The third kappa shape index (κ3) is 3.05. The molecule has 0 fully saturated rings. The largest absolute Gasteiger partial charge is 0.396 e. The van der Waals surface area contributed by atoms with Gasteiger partial charge in [-0.25, -0.2) is 8.78 Å². The fourth-order valence-corrected chi connectivity index (χ4v) is 1.27. The smallest absolute Gasteiger partial charge is 0.126 e. The van der Waals surface area contributed by atoms with E-state index in [0.717, 1.165) is 6.07 Å². The summed E-state index contributed by atoms with van der Waals surface area (Å²) < 4.78 is 25.5. The minimum absolute atomic E-state index is 0.0332. The van der Waals surface area contributed by atoms with Gasteiger partial charge in [0.25, 0.3) is 0 Å². The lowest BCUT2D eigenvalue weighted by molar-refractivity contribution is 0.280. The number of aliphatic hydroxyl groups is 1. The molecular formula is C10H13F2NO. The predicted molar refractivity (Wildman–Crippen MR) is 49.6 cm³/mol. The summed E-state index contributed by atoms with van der Waals surface area (Å²) in [5, 5.41) is 8.57. The molecule has 78 valence electrons. The summed E-state index contributed by atoms with van der Waals surface area (Å²) in [5.41, 5.74) is 6.10. The highest BCUT2D eigenvalue weighted by Crippen LogP contribution is 2.18. The molecule has 0 aliphatic carbocycles. The van der Waals surface area contributed by atoms with E-state index in [-0.39, 0.29) is 6.61 Å². The number of aliphatic hydroxyl groups excluding tert-OH is 1. The fraction of sp³-hybridized carbons (Fsp3) is 0.400. The molecule has 0 aliphatic rings. The highest BCUT2D eigenvalue weighted by Gasteiger charge is 2.08. The summed E-state index contributed by atoms with van der Waals surface area (Å²) in [6.45, 7) is 0.0332. The number of hydrogen-bond donors (Lipinski definition) is 2. The Morgan fingerprint density at radius 1 is 1.21 bits per heavy atom. The molecule has 3 N–H and O–H groups in total. The molecule has 4 heteroatoms. The maximum absolute atomic E-state index is 12.8. The van der Waals surface area contributed by atoms with Crippen molar-refractivity contribution in [2.45, 2.75) is 18.9 Å². The monoisotopic (exact) mass is 201 g/mol. The molecule has 0 bridgehead atoms. The molecule has 0 aliphatic heterocycles. The van der Waals surface area contributed by atoms with E-state index >= 15 is 0 Å². The van der Waals surface area contributed by atoms with Gasteiger partial charge in [0.1, 0.15) is 11.6 Å². The lowest BCUT2D eigenvalue weighted by atomic mass is 10.0. The van der Waals surface area contributed by atoms with Crippen LogP contribution in [0.25, 0.3) is 0 Å². The Kier molecular flexibility index (Phi) is 3.98. The molecule has 0 saturated carbocycles. The summed E-state index contributed by atoms with van der Waals surface area (Å²) in [6, 6.07) is 2.81. The van der Waals surface area contributed by atoms with Crippen LogP contribution in [0.5, 0.6) is 0 Å². The molecule has 0 spiro atoms. The zero-order chi connectivity index (χ0) is 10.6. The Morgan fingerprint density at radius 3 is 2.29 bits per heavy atom. The zero-order valence-electron chi connectivity index (χ0n) is 7.71. The van der Waals surface area contributed by atoms with Gasteiger partial charge in [0.05, 0.1) is 0 Å². The van der Waals surface area contributed by atoms with Gasteiger partial charge in [0.15, 0.2) is 0 Å². The van der Waals surface area contributed by atoms with E-state index in [9.17, 15) is 8.78 Å². The first kappa shape index (κ1) is 11.1. The van der Waals surface area contributed by atoms with Crippen molar-refractivity contribution in [1.82, 2.24) is 0 Å². The lowest BCUT2D eigenvalue weighted by Crippen LogP contribution is -2.11. The van der Waals surface area contributed by atoms with Gasteiger partial charge in [-0.15, -0.1) is 0 Å². The average molecular weight is 201 g/mol. The van der Waals surface area contributed by atoms with Gasteiger partial charge < -0.3 is 10.8 Å². The van der Waals surface area contributed by atoms with Crippen molar-refractivity contribution in [3.05, 3.63) is 35.4 Å². The maximum atomic E-state index is 12.8. The van der Waals surface area contributed by atoms with Gasteiger partial charge in [-0.3, -0.25) is 0 Å². The summed E-state index contributed by atoms with van der Waals surface area (Å²) >= 11 is 0. The van der Waals surface area contributed by atoms with Crippen LogP contribution in [0.1, 0.15) is 24.4 Å². The molecular weight excluding hydrogens is 188 g/mol. The van der Waals surface area contributed by atoms with E-state index in [1.54, 1.807) is 0 Å². The minimum atomic E-state index is -0.626. The minimum Gasteiger partial charge on any atom is -0.396 e. The van der Waals surface area contributed by atoms with Crippen LogP contribution in [0.2, 0.25) is 0 Å². The van der Waals surface area contributed by atoms with E-state index in [4.69, 9.17) is 10.8 Å². The van der Waals surface area contributed by atoms with Gasteiger partial charge in [0.2, 0.25) is 0 Å².